The molecule has 3 aliphatic rings. The summed E-state index contributed by atoms with van der Waals surface area (Å²) in [4.78, 5) is 0. The Labute approximate surface area is 60.5 Å². The molecule has 0 amide bonds. The van der Waals surface area contributed by atoms with Crippen LogP contribution >= 0.6 is 0 Å². The fraction of sp³-hybridized carbons (Fsp3) is 1.00. The molecule has 0 N–H and O–H groups in total. The van der Waals surface area contributed by atoms with Crippen molar-refractivity contribution in [1.29, 1.82) is 0 Å². The van der Waals surface area contributed by atoms with Gasteiger partial charge in [-0.3, -0.25) is 0 Å². The van der Waals surface area contributed by atoms with Crippen LogP contribution in [-0.2, 0) is 9.47 Å². The summed E-state index contributed by atoms with van der Waals surface area (Å²) in [7, 11) is 0. The highest BCUT2D eigenvalue weighted by Crippen LogP contribution is 2.45. The Hall–Kier alpha value is -0.0800. The highest BCUT2D eigenvalue weighted by atomic mass is 16.6. The van der Waals surface area contributed by atoms with Crippen LogP contribution < -0.4 is 0 Å². The zero-order valence-electron chi connectivity index (χ0n) is 5.95. The SMILES string of the molecule is C1OC[C@H]2C[C@@H]3O[C@@H]3C[C@@H]12. The van der Waals surface area contributed by atoms with Crippen LogP contribution in [0, 0.1) is 11.8 Å². The van der Waals surface area contributed by atoms with E-state index in [1.807, 2.05) is 0 Å². The average Bonchev–Trinajstić information content (AvgIpc) is 2.52. The molecule has 0 bridgehead atoms. The van der Waals surface area contributed by atoms with Crippen LogP contribution in [0.2, 0.25) is 0 Å². The van der Waals surface area contributed by atoms with Crippen molar-refractivity contribution < 1.29 is 9.47 Å². The van der Waals surface area contributed by atoms with Gasteiger partial charge in [-0.2, -0.15) is 0 Å². The molecule has 0 aromatic rings. The quantitative estimate of drug-likeness (QED) is 0.464. The predicted molar refractivity (Wildman–Crippen MR) is 35.7 cm³/mol. The molecule has 2 heteroatoms. The van der Waals surface area contributed by atoms with Crippen molar-refractivity contribution in [3.8, 4) is 0 Å². The Balaban J connectivity index is 1.78. The van der Waals surface area contributed by atoms with Crippen LogP contribution in [0.3, 0.4) is 0 Å². The summed E-state index contributed by atoms with van der Waals surface area (Å²) in [5.41, 5.74) is 0. The van der Waals surface area contributed by atoms with Gasteiger partial charge in [0.25, 0.3) is 0 Å². The average molecular weight is 140 g/mol. The van der Waals surface area contributed by atoms with E-state index >= 15 is 0 Å². The minimum atomic E-state index is 0.628. The maximum atomic E-state index is 5.46. The topological polar surface area (TPSA) is 21.8 Å². The second-order valence-electron chi connectivity index (χ2n) is 3.74. The first-order valence-electron chi connectivity index (χ1n) is 4.16. The zero-order chi connectivity index (χ0) is 6.55. The number of hydrogen-bond donors (Lipinski definition) is 0. The first kappa shape index (κ1) is 5.56. The number of hydrogen-bond acceptors (Lipinski definition) is 2. The van der Waals surface area contributed by atoms with Gasteiger partial charge in [0.15, 0.2) is 0 Å². The summed E-state index contributed by atoms with van der Waals surface area (Å²) >= 11 is 0. The summed E-state index contributed by atoms with van der Waals surface area (Å²) in [6.07, 6.45) is 3.80. The lowest BCUT2D eigenvalue weighted by Crippen LogP contribution is -2.22. The molecule has 0 aromatic carbocycles. The van der Waals surface area contributed by atoms with Crippen molar-refractivity contribution in [2.75, 3.05) is 13.2 Å². The maximum absolute atomic E-state index is 5.46. The third-order valence-electron chi connectivity index (χ3n) is 3.09. The molecule has 3 rings (SSSR count). The van der Waals surface area contributed by atoms with Gasteiger partial charge in [0, 0.05) is 13.2 Å². The fourth-order valence-corrected chi connectivity index (χ4v) is 2.35. The van der Waals surface area contributed by atoms with E-state index in [9.17, 15) is 0 Å². The molecule has 0 unspecified atom stereocenters. The Morgan fingerprint density at radius 1 is 0.900 bits per heavy atom. The molecule has 2 aliphatic heterocycles. The molecule has 56 valence electrons. The minimum absolute atomic E-state index is 0.628. The van der Waals surface area contributed by atoms with Crippen LogP contribution in [0.25, 0.3) is 0 Å². The molecule has 4 atom stereocenters. The van der Waals surface area contributed by atoms with E-state index < -0.39 is 0 Å². The zero-order valence-corrected chi connectivity index (χ0v) is 5.95. The molecule has 2 nitrogen and oxygen atoms in total. The third kappa shape index (κ3) is 0.663. The Morgan fingerprint density at radius 3 is 2.10 bits per heavy atom. The molecule has 2 saturated heterocycles. The Bertz CT molecular complexity index is 141. The number of epoxide rings is 1. The monoisotopic (exact) mass is 140 g/mol. The van der Waals surface area contributed by atoms with Crippen molar-refractivity contribution >= 4 is 0 Å². The number of rotatable bonds is 0. The van der Waals surface area contributed by atoms with Crippen LogP contribution in [0.5, 0.6) is 0 Å². The van der Waals surface area contributed by atoms with Gasteiger partial charge in [0.1, 0.15) is 0 Å². The van der Waals surface area contributed by atoms with Gasteiger partial charge in [-0.1, -0.05) is 0 Å². The van der Waals surface area contributed by atoms with Gasteiger partial charge in [-0.15, -0.1) is 0 Å². The molecule has 10 heavy (non-hydrogen) atoms. The Morgan fingerprint density at radius 2 is 1.50 bits per heavy atom. The van der Waals surface area contributed by atoms with E-state index in [0.717, 1.165) is 25.0 Å². The largest absolute Gasteiger partial charge is 0.381 e. The van der Waals surface area contributed by atoms with E-state index in [1.54, 1.807) is 0 Å². The number of ether oxygens (including phenoxy) is 2. The summed E-state index contributed by atoms with van der Waals surface area (Å²) in [6, 6.07) is 0. The van der Waals surface area contributed by atoms with E-state index in [-0.39, 0.29) is 0 Å². The first-order valence-corrected chi connectivity index (χ1v) is 4.16. The van der Waals surface area contributed by atoms with Crippen LogP contribution in [-0.4, -0.2) is 25.4 Å². The lowest BCUT2D eigenvalue weighted by molar-refractivity contribution is 0.175. The van der Waals surface area contributed by atoms with Crippen LogP contribution in [0.4, 0.5) is 0 Å². The van der Waals surface area contributed by atoms with Crippen molar-refractivity contribution in [3.05, 3.63) is 0 Å². The minimum Gasteiger partial charge on any atom is -0.381 e. The molecule has 1 aliphatic carbocycles. The first-order chi connectivity index (χ1) is 4.93. The molecule has 0 aromatic heterocycles. The van der Waals surface area contributed by atoms with E-state index in [2.05, 4.69) is 0 Å². The van der Waals surface area contributed by atoms with Crippen LogP contribution in [0.15, 0.2) is 0 Å². The second kappa shape index (κ2) is 1.74. The summed E-state index contributed by atoms with van der Waals surface area (Å²) in [5, 5.41) is 0. The van der Waals surface area contributed by atoms with E-state index in [1.165, 1.54) is 12.8 Å². The normalized spacial score (nSPS) is 57.6. The molecule has 0 radical (unpaired) electrons. The van der Waals surface area contributed by atoms with E-state index in [0.29, 0.717) is 12.2 Å². The van der Waals surface area contributed by atoms with Crippen molar-refractivity contribution in [1.82, 2.24) is 0 Å². The lowest BCUT2D eigenvalue weighted by atomic mass is 9.82. The molecular weight excluding hydrogens is 128 g/mol. The van der Waals surface area contributed by atoms with Gasteiger partial charge in [-0.05, 0) is 24.7 Å². The van der Waals surface area contributed by atoms with E-state index in [4.69, 9.17) is 9.47 Å². The highest BCUT2D eigenvalue weighted by molar-refractivity contribution is 4.97. The summed E-state index contributed by atoms with van der Waals surface area (Å²) in [5.74, 6) is 1.67. The standard InChI is InChI=1S/C8H12O2/c1-5-3-9-4-6(5)2-8-7(1)10-8/h5-8H,1-4H2/t5-,6+,7+,8-. The highest BCUT2D eigenvalue weighted by Gasteiger charge is 2.49. The van der Waals surface area contributed by atoms with Gasteiger partial charge in [-0.25, -0.2) is 0 Å². The summed E-state index contributed by atoms with van der Waals surface area (Å²) < 4.78 is 10.9. The molecular formula is C8H12O2. The smallest absolute Gasteiger partial charge is 0.0845 e. The molecule has 0 spiro atoms. The summed E-state index contributed by atoms with van der Waals surface area (Å²) in [6.45, 7) is 1.99. The molecule has 3 fully saturated rings. The molecule has 2 heterocycles. The van der Waals surface area contributed by atoms with Gasteiger partial charge in [0.05, 0.1) is 12.2 Å². The lowest BCUT2D eigenvalue weighted by Gasteiger charge is -2.18. The Kier molecular flexibility index (Phi) is 0.968. The van der Waals surface area contributed by atoms with Gasteiger partial charge < -0.3 is 9.47 Å². The maximum Gasteiger partial charge on any atom is 0.0845 e. The molecule has 1 saturated carbocycles. The third-order valence-corrected chi connectivity index (χ3v) is 3.09. The van der Waals surface area contributed by atoms with Gasteiger partial charge in [0.2, 0.25) is 0 Å². The van der Waals surface area contributed by atoms with Crippen LogP contribution in [0.1, 0.15) is 12.8 Å². The van der Waals surface area contributed by atoms with Gasteiger partial charge >= 0.3 is 0 Å². The van der Waals surface area contributed by atoms with Crippen molar-refractivity contribution in [3.63, 3.8) is 0 Å². The fourth-order valence-electron chi connectivity index (χ4n) is 2.35. The predicted octanol–water partition coefficient (Wildman–Crippen LogP) is 0.810. The van der Waals surface area contributed by atoms with Crippen molar-refractivity contribution in [2.24, 2.45) is 11.8 Å². The number of fused-ring (bicyclic) bond motifs is 2. The second-order valence-corrected chi connectivity index (χ2v) is 3.74. The van der Waals surface area contributed by atoms with Crippen molar-refractivity contribution in [2.45, 2.75) is 25.0 Å².